The Morgan fingerprint density at radius 3 is 2.58 bits per heavy atom. The van der Waals surface area contributed by atoms with Crippen LogP contribution in [0.2, 0.25) is 0 Å². The first-order chi connectivity index (χ1) is 5.87. The summed E-state index contributed by atoms with van der Waals surface area (Å²) in [6, 6.07) is 2.43. The zero-order valence-corrected chi connectivity index (χ0v) is 7.03. The third kappa shape index (κ3) is 0.937. The van der Waals surface area contributed by atoms with Crippen LogP contribution in [0.5, 0.6) is 0 Å². The second-order valence-corrected chi connectivity index (χ2v) is 3.42. The van der Waals surface area contributed by atoms with Crippen LogP contribution in [0.3, 0.4) is 0 Å². The summed E-state index contributed by atoms with van der Waals surface area (Å²) in [4.78, 5) is 2.15. The predicted octanol–water partition coefficient (Wildman–Crippen LogP) is 1.82. The molecule has 12 heavy (non-hydrogen) atoms. The van der Waals surface area contributed by atoms with Crippen LogP contribution in [0.1, 0.15) is 19.3 Å². The molecule has 2 rings (SSSR count). The number of hydrogen-bond donors (Lipinski definition) is 0. The molecule has 0 amide bonds. The molecule has 2 aliphatic rings. The summed E-state index contributed by atoms with van der Waals surface area (Å²) in [5.41, 5.74) is -0.165. The number of nitrogens with zero attached hydrogens (tertiary/aromatic N) is 2. The summed E-state index contributed by atoms with van der Waals surface area (Å²) in [5, 5.41) is 9.04. The van der Waals surface area contributed by atoms with Gasteiger partial charge in [0.05, 0.1) is 6.07 Å². The minimum Gasteiger partial charge on any atom is -0.356 e. The van der Waals surface area contributed by atoms with E-state index in [2.05, 4.69) is 17.0 Å². The molecule has 0 aromatic heterocycles. The third-order valence-electron chi connectivity index (χ3n) is 2.75. The van der Waals surface area contributed by atoms with Crippen LogP contribution in [0.15, 0.2) is 24.4 Å². The lowest BCUT2D eigenvalue weighted by Gasteiger charge is -2.44. The third-order valence-corrected chi connectivity index (χ3v) is 2.75. The van der Waals surface area contributed by atoms with Crippen LogP contribution in [0, 0.1) is 11.3 Å². The Kier molecular flexibility index (Phi) is 1.65. The molecule has 0 saturated heterocycles. The molecule has 0 aromatic carbocycles. The van der Waals surface area contributed by atoms with Crippen molar-refractivity contribution in [2.45, 2.75) is 24.8 Å². The van der Waals surface area contributed by atoms with Crippen molar-refractivity contribution in [2.24, 2.45) is 0 Å². The predicted molar refractivity (Wildman–Crippen MR) is 47.2 cm³/mol. The van der Waals surface area contributed by atoms with Gasteiger partial charge in [-0.05, 0) is 25.3 Å². The Morgan fingerprint density at radius 2 is 2.17 bits per heavy atom. The molecule has 1 saturated carbocycles. The van der Waals surface area contributed by atoms with Gasteiger partial charge in [-0.1, -0.05) is 12.2 Å². The Bertz CT molecular complexity index is 266. The normalized spacial score (nSPS) is 24.8. The summed E-state index contributed by atoms with van der Waals surface area (Å²) in [6.07, 6.45) is 11.4. The largest absolute Gasteiger partial charge is 0.356 e. The lowest BCUT2D eigenvalue weighted by atomic mass is 9.76. The molecule has 62 valence electrons. The fourth-order valence-corrected chi connectivity index (χ4v) is 1.76. The van der Waals surface area contributed by atoms with Crippen molar-refractivity contribution in [3.8, 4) is 6.07 Å². The van der Waals surface area contributed by atoms with Crippen molar-refractivity contribution < 1.29 is 0 Å². The van der Waals surface area contributed by atoms with Crippen molar-refractivity contribution in [1.82, 2.24) is 4.90 Å². The fraction of sp³-hybridized carbons (Fsp3) is 0.500. The van der Waals surface area contributed by atoms with Crippen molar-refractivity contribution in [1.29, 1.82) is 5.26 Å². The molecule has 2 nitrogen and oxygen atoms in total. The topological polar surface area (TPSA) is 27.0 Å². The van der Waals surface area contributed by atoms with E-state index in [1.807, 2.05) is 18.4 Å². The van der Waals surface area contributed by atoms with Crippen LogP contribution in [0.4, 0.5) is 0 Å². The highest BCUT2D eigenvalue weighted by Crippen LogP contribution is 2.37. The van der Waals surface area contributed by atoms with E-state index in [1.165, 1.54) is 6.42 Å². The van der Waals surface area contributed by atoms with Gasteiger partial charge in [0.1, 0.15) is 5.54 Å². The van der Waals surface area contributed by atoms with E-state index in [9.17, 15) is 0 Å². The number of allylic oxidation sites excluding steroid dienone is 2. The monoisotopic (exact) mass is 160 g/mol. The summed E-state index contributed by atoms with van der Waals surface area (Å²) in [6.45, 7) is 0.893. The molecule has 0 aromatic rings. The number of rotatable bonds is 1. The van der Waals surface area contributed by atoms with E-state index in [0.29, 0.717) is 0 Å². The molecule has 0 radical (unpaired) electrons. The average molecular weight is 160 g/mol. The zero-order valence-electron chi connectivity index (χ0n) is 7.03. The van der Waals surface area contributed by atoms with Crippen LogP contribution in [-0.2, 0) is 0 Å². The van der Waals surface area contributed by atoms with Gasteiger partial charge in [0.15, 0.2) is 0 Å². The van der Waals surface area contributed by atoms with Crippen molar-refractivity contribution >= 4 is 0 Å². The highest BCUT2D eigenvalue weighted by molar-refractivity contribution is 5.21. The Morgan fingerprint density at radius 1 is 1.33 bits per heavy atom. The smallest absolute Gasteiger partial charge is 0.127 e. The Hall–Kier alpha value is -1.23. The molecule has 1 fully saturated rings. The number of nitriles is 1. The van der Waals surface area contributed by atoms with Crippen molar-refractivity contribution in [3.63, 3.8) is 0 Å². The molecule has 0 spiro atoms. The molecule has 0 N–H and O–H groups in total. The van der Waals surface area contributed by atoms with E-state index >= 15 is 0 Å². The Labute approximate surface area is 72.8 Å². The van der Waals surface area contributed by atoms with Gasteiger partial charge in [-0.25, -0.2) is 0 Å². The SMILES string of the molecule is N#CC1(N2C=CC=CC2)CCC1. The van der Waals surface area contributed by atoms with Gasteiger partial charge >= 0.3 is 0 Å². The van der Waals surface area contributed by atoms with Crippen molar-refractivity contribution in [2.75, 3.05) is 6.54 Å². The molecular weight excluding hydrogens is 148 g/mol. The first-order valence-corrected chi connectivity index (χ1v) is 4.39. The highest BCUT2D eigenvalue weighted by Gasteiger charge is 2.41. The minimum absolute atomic E-state index is 0.165. The molecular formula is C10H12N2. The van der Waals surface area contributed by atoms with Gasteiger partial charge in [-0.3, -0.25) is 0 Å². The molecule has 0 bridgehead atoms. The minimum atomic E-state index is -0.165. The molecule has 0 unspecified atom stereocenters. The molecule has 2 heteroatoms. The van der Waals surface area contributed by atoms with Crippen LogP contribution >= 0.6 is 0 Å². The first-order valence-electron chi connectivity index (χ1n) is 4.39. The van der Waals surface area contributed by atoms with Gasteiger partial charge in [0.2, 0.25) is 0 Å². The summed E-state index contributed by atoms with van der Waals surface area (Å²) < 4.78 is 0. The van der Waals surface area contributed by atoms with E-state index < -0.39 is 0 Å². The fourth-order valence-electron chi connectivity index (χ4n) is 1.76. The molecule has 1 aliphatic heterocycles. The van der Waals surface area contributed by atoms with E-state index in [1.54, 1.807) is 0 Å². The van der Waals surface area contributed by atoms with Crippen LogP contribution < -0.4 is 0 Å². The highest BCUT2D eigenvalue weighted by atomic mass is 15.2. The lowest BCUT2D eigenvalue weighted by Crippen LogP contribution is -2.50. The van der Waals surface area contributed by atoms with Gasteiger partial charge in [0.25, 0.3) is 0 Å². The second kappa shape index (κ2) is 2.67. The molecule has 1 aliphatic carbocycles. The molecule has 0 atom stereocenters. The summed E-state index contributed by atoms with van der Waals surface area (Å²) in [5.74, 6) is 0. The van der Waals surface area contributed by atoms with Gasteiger partial charge < -0.3 is 4.90 Å². The summed E-state index contributed by atoms with van der Waals surface area (Å²) in [7, 11) is 0. The zero-order chi connectivity index (χ0) is 8.44. The van der Waals surface area contributed by atoms with Gasteiger partial charge in [0, 0.05) is 12.7 Å². The van der Waals surface area contributed by atoms with Gasteiger partial charge in [-0.15, -0.1) is 0 Å². The Balaban J connectivity index is 2.13. The van der Waals surface area contributed by atoms with E-state index in [0.717, 1.165) is 19.4 Å². The van der Waals surface area contributed by atoms with E-state index in [4.69, 9.17) is 5.26 Å². The van der Waals surface area contributed by atoms with Gasteiger partial charge in [-0.2, -0.15) is 5.26 Å². The molecule has 1 heterocycles. The quantitative estimate of drug-likeness (QED) is 0.585. The van der Waals surface area contributed by atoms with E-state index in [-0.39, 0.29) is 5.54 Å². The van der Waals surface area contributed by atoms with Crippen LogP contribution in [0.25, 0.3) is 0 Å². The standard InChI is InChI=1S/C10H12N2/c11-9-10(5-4-6-10)12-7-2-1-3-8-12/h1-3,7H,4-6,8H2. The van der Waals surface area contributed by atoms with Crippen LogP contribution in [-0.4, -0.2) is 17.0 Å². The average Bonchev–Trinajstić information content (AvgIpc) is 2.05. The second-order valence-electron chi connectivity index (χ2n) is 3.42. The summed E-state index contributed by atoms with van der Waals surface area (Å²) >= 11 is 0. The first kappa shape index (κ1) is 7.42. The number of hydrogen-bond acceptors (Lipinski definition) is 2. The maximum absolute atomic E-state index is 9.04. The lowest BCUT2D eigenvalue weighted by molar-refractivity contribution is 0.124. The van der Waals surface area contributed by atoms with Crippen molar-refractivity contribution in [3.05, 3.63) is 24.4 Å². The maximum atomic E-state index is 9.04. The maximum Gasteiger partial charge on any atom is 0.127 e.